The summed E-state index contributed by atoms with van der Waals surface area (Å²) in [5, 5.41) is 0.185. The number of carbonyl (C=O) groups excluding carboxylic acids is 1. The van der Waals surface area contributed by atoms with E-state index in [1.54, 1.807) is 12.2 Å². The molecule has 1 aromatic carbocycles. The van der Waals surface area contributed by atoms with Crippen molar-refractivity contribution in [1.29, 1.82) is 0 Å². The Kier molecular flexibility index (Phi) is 4.17. The fraction of sp³-hybridized carbons (Fsp3) is 0.200. The van der Waals surface area contributed by atoms with Crippen LogP contribution in [0.25, 0.3) is 0 Å². The van der Waals surface area contributed by atoms with Gasteiger partial charge in [0.05, 0.1) is 23.0 Å². The van der Waals surface area contributed by atoms with Gasteiger partial charge in [0.1, 0.15) is 5.75 Å². The van der Waals surface area contributed by atoms with Crippen LogP contribution >= 0.6 is 11.6 Å². The van der Waals surface area contributed by atoms with Crippen LogP contribution < -0.4 is 4.74 Å². The zero-order valence-corrected chi connectivity index (χ0v) is 11.6. The predicted molar refractivity (Wildman–Crippen MR) is 77.5 cm³/mol. The smallest absolute Gasteiger partial charge is 0.197 e. The molecule has 0 bridgehead atoms. The zero-order chi connectivity index (χ0) is 13.8. The molecule has 0 fully saturated rings. The average molecular weight is 276 g/mol. The van der Waals surface area contributed by atoms with Crippen molar-refractivity contribution in [2.45, 2.75) is 13.8 Å². The van der Waals surface area contributed by atoms with Gasteiger partial charge in [-0.3, -0.25) is 4.79 Å². The number of ether oxygens (including phenoxy) is 1. The Balaban J connectivity index is 2.29. The minimum Gasteiger partial charge on any atom is -0.494 e. The Hall–Kier alpha value is -1.87. The molecule has 0 aliphatic heterocycles. The van der Waals surface area contributed by atoms with Crippen molar-refractivity contribution in [3.63, 3.8) is 0 Å². The average Bonchev–Trinajstić information content (AvgIpc) is 2.37. The van der Waals surface area contributed by atoms with Crippen LogP contribution in [0.15, 0.2) is 46.5 Å². The Morgan fingerprint density at radius 1 is 1.32 bits per heavy atom. The summed E-state index contributed by atoms with van der Waals surface area (Å²) in [5.74, 6) is 0.635. The molecule has 98 valence electrons. The van der Waals surface area contributed by atoms with Crippen molar-refractivity contribution in [2.24, 2.45) is 4.99 Å². The quantitative estimate of drug-likeness (QED) is 0.789. The van der Waals surface area contributed by atoms with Crippen molar-refractivity contribution in [1.82, 2.24) is 0 Å². The van der Waals surface area contributed by atoms with Crippen molar-refractivity contribution in [2.75, 3.05) is 6.61 Å². The number of carbonyl (C=O) groups is 1. The molecule has 0 atom stereocenters. The van der Waals surface area contributed by atoms with Crippen LogP contribution in [0.3, 0.4) is 0 Å². The summed E-state index contributed by atoms with van der Waals surface area (Å²) < 4.78 is 5.42. The summed E-state index contributed by atoms with van der Waals surface area (Å²) in [5.41, 5.74) is 2.50. The molecule has 2 rings (SSSR count). The van der Waals surface area contributed by atoms with Gasteiger partial charge in [0.15, 0.2) is 5.78 Å². The van der Waals surface area contributed by atoms with Crippen LogP contribution in [0.4, 0.5) is 5.69 Å². The molecule has 19 heavy (non-hydrogen) atoms. The van der Waals surface area contributed by atoms with Crippen LogP contribution in [0.1, 0.15) is 12.5 Å². The molecule has 0 saturated heterocycles. The van der Waals surface area contributed by atoms with E-state index < -0.39 is 0 Å². The maximum Gasteiger partial charge on any atom is 0.197 e. The monoisotopic (exact) mass is 275 g/mol. The second kappa shape index (κ2) is 5.85. The Bertz CT molecular complexity index is 600. The molecule has 0 N–H and O–H groups in total. The maximum atomic E-state index is 11.2. The summed E-state index contributed by atoms with van der Waals surface area (Å²) in [7, 11) is 0. The van der Waals surface area contributed by atoms with Crippen LogP contribution in [0, 0.1) is 6.92 Å². The molecule has 0 saturated carbocycles. The third-order valence-corrected chi connectivity index (χ3v) is 2.94. The second-order valence-electron chi connectivity index (χ2n) is 4.11. The third-order valence-electron chi connectivity index (χ3n) is 2.64. The molecular formula is C15H14ClNO2. The van der Waals surface area contributed by atoms with Crippen LogP contribution in [0.5, 0.6) is 5.75 Å². The number of allylic oxidation sites excluding steroid dienone is 4. The summed E-state index contributed by atoms with van der Waals surface area (Å²) >= 11 is 5.79. The van der Waals surface area contributed by atoms with Gasteiger partial charge in [0, 0.05) is 0 Å². The van der Waals surface area contributed by atoms with Gasteiger partial charge in [-0.2, -0.15) is 0 Å². The van der Waals surface area contributed by atoms with Crippen molar-refractivity contribution >= 4 is 28.8 Å². The normalized spacial score (nSPS) is 16.7. The number of aliphatic imine (C=N–C) groups is 1. The Labute approximate surface area is 117 Å². The number of aryl methyl sites for hydroxylation is 1. The molecule has 0 heterocycles. The van der Waals surface area contributed by atoms with E-state index in [0.29, 0.717) is 12.3 Å². The van der Waals surface area contributed by atoms with Crippen LogP contribution in [-0.2, 0) is 4.79 Å². The lowest BCUT2D eigenvalue weighted by Gasteiger charge is -2.07. The van der Waals surface area contributed by atoms with E-state index in [2.05, 4.69) is 4.99 Å². The van der Waals surface area contributed by atoms with Crippen molar-refractivity contribution in [3.8, 4) is 5.75 Å². The highest BCUT2D eigenvalue weighted by atomic mass is 35.5. The number of hydrogen-bond acceptors (Lipinski definition) is 3. The molecule has 1 aromatic rings. The van der Waals surface area contributed by atoms with Gasteiger partial charge in [0.2, 0.25) is 0 Å². The standard InChI is InChI=1S/C15H14ClNO2/c1-3-19-12-5-6-14(10(2)8-12)17-11-4-7-15(18)13(16)9-11/h4-9H,3H2,1-2H3. The topological polar surface area (TPSA) is 38.7 Å². The Morgan fingerprint density at radius 3 is 2.74 bits per heavy atom. The largest absolute Gasteiger partial charge is 0.494 e. The molecule has 4 heteroatoms. The molecule has 0 unspecified atom stereocenters. The van der Waals surface area contributed by atoms with Gasteiger partial charge < -0.3 is 4.74 Å². The minimum atomic E-state index is -0.191. The summed E-state index contributed by atoms with van der Waals surface area (Å²) in [6.45, 7) is 4.54. The second-order valence-corrected chi connectivity index (χ2v) is 4.52. The van der Waals surface area contributed by atoms with Gasteiger partial charge in [-0.25, -0.2) is 4.99 Å². The highest BCUT2D eigenvalue weighted by Gasteiger charge is 2.09. The molecular weight excluding hydrogens is 262 g/mol. The molecule has 1 aliphatic carbocycles. The first-order valence-corrected chi connectivity index (χ1v) is 6.39. The van der Waals surface area contributed by atoms with Crippen LogP contribution in [0.2, 0.25) is 0 Å². The summed E-state index contributed by atoms with van der Waals surface area (Å²) in [4.78, 5) is 15.7. The lowest BCUT2D eigenvalue weighted by atomic mass is 10.1. The SMILES string of the molecule is CCOc1ccc(N=C2C=CC(=O)C(Cl)=C2)c(C)c1. The van der Waals surface area contributed by atoms with Gasteiger partial charge in [-0.1, -0.05) is 11.6 Å². The summed E-state index contributed by atoms with van der Waals surface area (Å²) in [6, 6.07) is 5.70. The van der Waals surface area contributed by atoms with E-state index >= 15 is 0 Å². The Morgan fingerprint density at radius 2 is 2.11 bits per heavy atom. The first kappa shape index (κ1) is 13.6. The molecule has 0 spiro atoms. The van der Waals surface area contributed by atoms with Gasteiger partial charge >= 0.3 is 0 Å². The number of ketones is 1. The summed E-state index contributed by atoms with van der Waals surface area (Å²) in [6.07, 6.45) is 4.65. The van der Waals surface area contributed by atoms with E-state index in [4.69, 9.17) is 16.3 Å². The van der Waals surface area contributed by atoms with Crippen LogP contribution in [-0.4, -0.2) is 18.1 Å². The van der Waals surface area contributed by atoms with E-state index in [1.165, 1.54) is 6.08 Å². The first-order chi connectivity index (χ1) is 9.10. The fourth-order valence-corrected chi connectivity index (χ4v) is 1.88. The van der Waals surface area contributed by atoms with Gasteiger partial charge in [0.25, 0.3) is 0 Å². The molecule has 0 radical (unpaired) electrons. The number of nitrogens with zero attached hydrogens (tertiary/aromatic N) is 1. The fourth-order valence-electron chi connectivity index (χ4n) is 1.71. The van der Waals surface area contributed by atoms with Gasteiger partial charge in [-0.15, -0.1) is 0 Å². The maximum absolute atomic E-state index is 11.2. The third kappa shape index (κ3) is 3.32. The van der Waals surface area contributed by atoms with E-state index in [-0.39, 0.29) is 10.8 Å². The number of halogens is 1. The van der Waals surface area contributed by atoms with Crippen molar-refractivity contribution in [3.05, 3.63) is 47.0 Å². The number of rotatable bonds is 3. The van der Waals surface area contributed by atoms with Gasteiger partial charge in [-0.05, 0) is 55.8 Å². The molecule has 1 aliphatic rings. The lowest BCUT2D eigenvalue weighted by molar-refractivity contribution is -0.110. The van der Waals surface area contributed by atoms with Crippen molar-refractivity contribution < 1.29 is 9.53 Å². The first-order valence-electron chi connectivity index (χ1n) is 6.02. The number of benzene rings is 1. The predicted octanol–water partition coefficient (Wildman–Crippen LogP) is 3.73. The van der Waals surface area contributed by atoms with E-state index in [1.807, 2.05) is 32.0 Å². The highest BCUT2D eigenvalue weighted by molar-refractivity contribution is 6.47. The number of hydrogen-bond donors (Lipinski definition) is 0. The molecule has 0 aromatic heterocycles. The minimum absolute atomic E-state index is 0.185. The lowest BCUT2D eigenvalue weighted by Crippen LogP contribution is -2.03. The molecule has 3 nitrogen and oxygen atoms in total. The zero-order valence-electron chi connectivity index (χ0n) is 10.8. The molecule has 0 amide bonds. The van der Waals surface area contributed by atoms with E-state index in [0.717, 1.165) is 17.0 Å². The highest BCUT2D eigenvalue weighted by Crippen LogP contribution is 2.25. The van der Waals surface area contributed by atoms with E-state index in [9.17, 15) is 4.79 Å².